The van der Waals surface area contributed by atoms with Gasteiger partial charge in [-0.25, -0.2) is 0 Å². The fourth-order valence-corrected chi connectivity index (χ4v) is 3.22. The first-order valence-electron chi connectivity index (χ1n) is 7.13. The van der Waals surface area contributed by atoms with E-state index in [9.17, 15) is 4.79 Å². The van der Waals surface area contributed by atoms with Crippen molar-refractivity contribution in [2.45, 2.75) is 52.5 Å². The molecule has 0 radical (unpaired) electrons. The third-order valence-corrected chi connectivity index (χ3v) is 5.20. The molecule has 18 heavy (non-hydrogen) atoms. The molecule has 0 aromatic carbocycles. The highest BCUT2D eigenvalue weighted by Gasteiger charge is 2.40. The molecule has 1 rings (SSSR count). The standard InChI is InChI=1S/C14H28N2OS/c1-4-18-9-12(3)16-13(17)14(10-15)7-5-11(2)6-8-14/h11-12H,4-10,15H2,1-3H3,(H,16,17). The van der Waals surface area contributed by atoms with Crippen molar-refractivity contribution in [2.75, 3.05) is 18.1 Å². The van der Waals surface area contributed by atoms with Crippen molar-refractivity contribution in [1.82, 2.24) is 5.32 Å². The van der Waals surface area contributed by atoms with Gasteiger partial charge in [-0.3, -0.25) is 4.79 Å². The Labute approximate surface area is 116 Å². The molecule has 1 aliphatic rings. The van der Waals surface area contributed by atoms with E-state index in [4.69, 9.17) is 5.73 Å². The van der Waals surface area contributed by atoms with E-state index in [-0.39, 0.29) is 17.4 Å². The number of hydrogen-bond acceptors (Lipinski definition) is 3. The van der Waals surface area contributed by atoms with Gasteiger partial charge in [0.2, 0.25) is 5.91 Å². The first-order valence-corrected chi connectivity index (χ1v) is 8.28. The fraction of sp³-hybridized carbons (Fsp3) is 0.929. The van der Waals surface area contributed by atoms with Crippen molar-refractivity contribution in [3.8, 4) is 0 Å². The molecule has 0 bridgehead atoms. The summed E-state index contributed by atoms with van der Waals surface area (Å²) in [7, 11) is 0. The number of nitrogens with one attached hydrogen (secondary N) is 1. The van der Waals surface area contributed by atoms with Crippen LogP contribution in [0, 0.1) is 11.3 Å². The second-order valence-electron chi connectivity index (χ2n) is 5.70. The number of carbonyl (C=O) groups is 1. The molecule has 0 spiro atoms. The van der Waals surface area contributed by atoms with E-state index in [1.54, 1.807) is 0 Å². The number of amides is 1. The van der Waals surface area contributed by atoms with Crippen molar-refractivity contribution in [2.24, 2.45) is 17.1 Å². The van der Waals surface area contributed by atoms with Crippen LogP contribution >= 0.6 is 11.8 Å². The molecule has 1 amide bonds. The molecule has 0 saturated heterocycles. The molecule has 1 saturated carbocycles. The maximum atomic E-state index is 12.4. The van der Waals surface area contributed by atoms with E-state index in [0.717, 1.165) is 43.1 Å². The van der Waals surface area contributed by atoms with Crippen LogP contribution in [0.1, 0.15) is 46.5 Å². The molecule has 0 heterocycles. The van der Waals surface area contributed by atoms with Crippen LogP contribution < -0.4 is 11.1 Å². The van der Waals surface area contributed by atoms with Crippen molar-refractivity contribution in [3.05, 3.63) is 0 Å². The zero-order valence-electron chi connectivity index (χ0n) is 12.0. The van der Waals surface area contributed by atoms with Gasteiger partial charge in [0, 0.05) is 18.3 Å². The summed E-state index contributed by atoms with van der Waals surface area (Å²) in [5.41, 5.74) is 5.60. The Bertz CT molecular complexity index is 263. The summed E-state index contributed by atoms with van der Waals surface area (Å²) in [5.74, 6) is 3.01. The van der Waals surface area contributed by atoms with Crippen LogP contribution in [0.15, 0.2) is 0 Å². The number of rotatable bonds is 6. The normalized spacial score (nSPS) is 29.9. The number of hydrogen-bond donors (Lipinski definition) is 2. The van der Waals surface area contributed by atoms with Crippen LogP contribution in [-0.4, -0.2) is 30.0 Å². The second-order valence-corrected chi connectivity index (χ2v) is 7.02. The molecule has 4 heteroatoms. The first-order chi connectivity index (χ1) is 8.54. The number of thioether (sulfide) groups is 1. The topological polar surface area (TPSA) is 55.1 Å². The van der Waals surface area contributed by atoms with E-state index in [0.29, 0.717) is 6.54 Å². The summed E-state index contributed by atoms with van der Waals surface area (Å²) in [6.07, 6.45) is 4.15. The Morgan fingerprint density at radius 3 is 2.61 bits per heavy atom. The van der Waals surface area contributed by atoms with Crippen molar-refractivity contribution >= 4 is 17.7 Å². The molecule has 1 unspecified atom stereocenters. The van der Waals surface area contributed by atoms with Gasteiger partial charge < -0.3 is 11.1 Å². The van der Waals surface area contributed by atoms with E-state index in [2.05, 4.69) is 26.1 Å². The molecular weight excluding hydrogens is 244 g/mol. The highest BCUT2D eigenvalue weighted by molar-refractivity contribution is 7.99. The van der Waals surface area contributed by atoms with Gasteiger partial charge >= 0.3 is 0 Å². The van der Waals surface area contributed by atoms with Gasteiger partial charge in [-0.05, 0) is 44.3 Å². The van der Waals surface area contributed by atoms with Gasteiger partial charge in [-0.1, -0.05) is 13.8 Å². The highest BCUT2D eigenvalue weighted by Crippen LogP contribution is 2.38. The van der Waals surface area contributed by atoms with Gasteiger partial charge in [0.1, 0.15) is 0 Å². The Kier molecular flexibility index (Phi) is 6.50. The Hall–Kier alpha value is -0.220. The molecule has 1 fully saturated rings. The molecule has 0 aliphatic heterocycles. The van der Waals surface area contributed by atoms with Crippen molar-refractivity contribution in [1.29, 1.82) is 0 Å². The Morgan fingerprint density at radius 2 is 2.11 bits per heavy atom. The Morgan fingerprint density at radius 1 is 1.50 bits per heavy atom. The highest BCUT2D eigenvalue weighted by atomic mass is 32.2. The summed E-state index contributed by atoms with van der Waals surface area (Å²) in [6, 6.07) is 0.241. The number of nitrogens with two attached hydrogens (primary N) is 1. The lowest BCUT2D eigenvalue weighted by Gasteiger charge is -2.37. The molecular formula is C14H28N2OS. The molecule has 1 aliphatic carbocycles. The monoisotopic (exact) mass is 272 g/mol. The largest absolute Gasteiger partial charge is 0.352 e. The maximum Gasteiger partial charge on any atom is 0.227 e. The third-order valence-electron chi connectivity index (χ3n) is 4.05. The van der Waals surface area contributed by atoms with Crippen LogP contribution in [0.4, 0.5) is 0 Å². The minimum Gasteiger partial charge on any atom is -0.352 e. The minimum atomic E-state index is -0.294. The summed E-state index contributed by atoms with van der Waals surface area (Å²) < 4.78 is 0. The zero-order chi connectivity index (χ0) is 13.6. The lowest BCUT2D eigenvalue weighted by atomic mass is 9.70. The van der Waals surface area contributed by atoms with E-state index in [1.807, 2.05) is 11.8 Å². The summed E-state index contributed by atoms with van der Waals surface area (Å²) in [6.45, 7) is 6.97. The van der Waals surface area contributed by atoms with Crippen LogP contribution in [0.3, 0.4) is 0 Å². The lowest BCUT2D eigenvalue weighted by Crippen LogP contribution is -2.50. The van der Waals surface area contributed by atoms with Crippen molar-refractivity contribution in [3.63, 3.8) is 0 Å². The zero-order valence-corrected chi connectivity index (χ0v) is 12.8. The van der Waals surface area contributed by atoms with Gasteiger partial charge in [-0.2, -0.15) is 11.8 Å². The van der Waals surface area contributed by atoms with E-state index >= 15 is 0 Å². The van der Waals surface area contributed by atoms with Gasteiger partial charge in [0.15, 0.2) is 0 Å². The predicted octanol–water partition coefficient (Wildman–Crippen LogP) is 2.40. The maximum absolute atomic E-state index is 12.4. The molecule has 0 aromatic rings. The second kappa shape index (κ2) is 7.39. The molecule has 3 N–H and O–H groups in total. The van der Waals surface area contributed by atoms with Crippen LogP contribution in [-0.2, 0) is 4.79 Å². The minimum absolute atomic E-state index is 0.182. The summed E-state index contributed by atoms with van der Waals surface area (Å²) in [5, 5.41) is 3.15. The average molecular weight is 272 g/mol. The lowest BCUT2D eigenvalue weighted by molar-refractivity contribution is -0.133. The Balaban J connectivity index is 2.51. The van der Waals surface area contributed by atoms with Crippen LogP contribution in [0.2, 0.25) is 0 Å². The van der Waals surface area contributed by atoms with Crippen molar-refractivity contribution < 1.29 is 4.79 Å². The molecule has 1 atom stereocenters. The fourth-order valence-electron chi connectivity index (χ4n) is 2.55. The quantitative estimate of drug-likeness (QED) is 0.780. The molecule has 0 aromatic heterocycles. The van der Waals surface area contributed by atoms with Crippen LogP contribution in [0.5, 0.6) is 0 Å². The predicted molar refractivity (Wildman–Crippen MR) is 79.7 cm³/mol. The number of carbonyl (C=O) groups excluding carboxylic acids is 1. The summed E-state index contributed by atoms with van der Waals surface area (Å²) >= 11 is 1.87. The smallest absolute Gasteiger partial charge is 0.227 e. The first kappa shape index (κ1) is 15.8. The summed E-state index contributed by atoms with van der Waals surface area (Å²) in [4.78, 5) is 12.4. The van der Waals surface area contributed by atoms with Gasteiger partial charge in [-0.15, -0.1) is 0 Å². The molecule has 3 nitrogen and oxygen atoms in total. The van der Waals surface area contributed by atoms with Gasteiger partial charge in [0.05, 0.1) is 5.41 Å². The SMILES string of the molecule is CCSCC(C)NC(=O)C1(CN)CCC(C)CC1. The van der Waals surface area contributed by atoms with E-state index in [1.165, 1.54) is 0 Å². The van der Waals surface area contributed by atoms with E-state index < -0.39 is 0 Å². The molecule has 106 valence electrons. The average Bonchev–Trinajstić information content (AvgIpc) is 2.37. The van der Waals surface area contributed by atoms with Crippen LogP contribution in [0.25, 0.3) is 0 Å². The van der Waals surface area contributed by atoms with Gasteiger partial charge in [0.25, 0.3) is 0 Å². The third kappa shape index (κ3) is 4.16.